The molecule has 0 bridgehead atoms. The van der Waals surface area contributed by atoms with Gasteiger partial charge >= 0.3 is 0 Å². The van der Waals surface area contributed by atoms with Gasteiger partial charge in [-0.05, 0) is 30.7 Å². The molecule has 0 saturated carbocycles. The van der Waals surface area contributed by atoms with E-state index in [-0.39, 0.29) is 17.5 Å². The summed E-state index contributed by atoms with van der Waals surface area (Å²) in [5, 5.41) is 12.0. The number of benzene rings is 1. The maximum absolute atomic E-state index is 10.8. The van der Waals surface area contributed by atoms with Crippen LogP contribution in [-0.2, 0) is 10.1 Å². The molecule has 1 aromatic rings. The minimum atomic E-state index is -4.14. The van der Waals surface area contributed by atoms with Crippen LogP contribution in [0, 0.1) is 0 Å². The monoisotopic (exact) mass is 245 g/mol. The lowest BCUT2D eigenvalue weighted by molar-refractivity contribution is 0.272. The summed E-state index contributed by atoms with van der Waals surface area (Å²) >= 11 is 0. The first-order chi connectivity index (χ1) is 7.47. The van der Waals surface area contributed by atoms with Gasteiger partial charge in [-0.25, -0.2) is 0 Å². The third kappa shape index (κ3) is 3.48. The highest BCUT2D eigenvalue weighted by molar-refractivity contribution is 7.85. The first kappa shape index (κ1) is 13.0. The Morgan fingerprint density at radius 3 is 2.25 bits per heavy atom. The van der Waals surface area contributed by atoms with Crippen molar-refractivity contribution in [2.24, 2.45) is 0 Å². The van der Waals surface area contributed by atoms with Crippen molar-refractivity contribution in [2.75, 3.05) is 11.9 Å². The van der Waals surface area contributed by atoms with E-state index in [4.69, 9.17) is 9.66 Å². The van der Waals surface area contributed by atoms with Crippen LogP contribution in [0.1, 0.15) is 13.3 Å². The van der Waals surface area contributed by atoms with Crippen molar-refractivity contribution in [2.45, 2.75) is 24.3 Å². The molecule has 1 rings (SSSR count). The van der Waals surface area contributed by atoms with Crippen LogP contribution in [0.3, 0.4) is 0 Å². The fourth-order valence-corrected chi connectivity index (χ4v) is 1.72. The lowest BCUT2D eigenvalue weighted by Gasteiger charge is -2.15. The van der Waals surface area contributed by atoms with Crippen LogP contribution in [0.4, 0.5) is 5.69 Å². The summed E-state index contributed by atoms with van der Waals surface area (Å²) in [6, 6.07) is 5.64. The van der Waals surface area contributed by atoms with Crippen molar-refractivity contribution >= 4 is 15.8 Å². The zero-order valence-electron chi connectivity index (χ0n) is 8.92. The van der Waals surface area contributed by atoms with Gasteiger partial charge in [-0.15, -0.1) is 0 Å². The summed E-state index contributed by atoms with van der Waals surface area (Å²) in [7, 11) is -4.14. The summed E-state index contributed by atoms with van der Waals surface area (Å²) in [5.74, 6) is 0. The van der Waals surface area contributed by atoms with E-state index in [1.165, 1.54) is 12.1 Å². The molecule has 5 nitrogen and oxygen atoms in total. The van der Waals surface area contributed by atoms with Crippen molar-refractivity contribution in [1.29, 1.82) is 0 Å². The summed E-state index contributed by atoms with van der Waals surface area (Å²) in [5.41, 5.74) is 0.702. The fraction of sp³-hybridized carbons (Fsp3) is 0.400. The molecule has 1 unspecified atom stereocenters. The molecule has 6 heteroatoms. The maximum Gasteiger partial charge on any atom is 0.294 e. The topological polar surface area (TPSA) is 86.6 Å². The normalized spacial score (nSPS) is 13.4. The average Bonchev–Trinajstić information content (AvgIpc) is 2.25. The van der Waals surface area contributed by atoms with Crippen molar-refractivity contribution in [3.05, 3.63) is 24.3 Å². The molecule has 1 atom stereocenters. The van der Waals surface area contributed by atoms with Crippen molar-refractivity contribution in [3.8, 4) is 0 Å². The second kappa shape index (κ2) is 5.29. The molecule has 0 saturated heterocycles. The van der Waals surface area contributed by atoms with E-state index in [0.717, 1.165) is 6.42 Å². The highest BCUT2D eigenvalue weighted by Gasteiger charge is 2.09. The van der Waals surface area contributed by atoms with Gasteiger partial charge in [-0.1, -0.05) is 6.92 Å². The zero-order valence-corrected chi connectivity index (χ0v) is 9.74. The van der Waals surface area contributed by atoms with Gasteiger partial charge < -0.3 is 10.4 Å². The quantitative estimate of drug-likeness (QED) is 0.677. The molecule has 0 aromatic heterocycles. The predicted molar refractivity (Wildman–Crippen MR) is 61.0 cm³/mol. The number of rotatable bonds is 5. The van der Waals surface area contributed by atoms with Crippen LogP contribution >= 0.6 is 0 Å². The Morgan fingerprint density at radius 1 is 1.31 bits per heavy atom. The first-order valence-corrected chi connectivity index (χ1v) is 6.36. The van der Waals surface area contributed by atoms with Crippen LogP contribution in [-0.4, -0.2) is 30.7 Å². The summed E-state index contributed by atoms with van der Waals surface area (Å²) in [6.45, 7) is 1.94. The molecule has 0 aliphatic carbocycles. The van der Waals surface area contributed by atoms with Crippen molar-refractivity contribution in [3.63, 3.8) is 0 Å². The molecular formula is C10H15NO4S. The SMILES string of the molecule is CCC(CO)Nc1ccc(S(=O)(=O)O)cc1. The molecule has 0 spiro atoms. The lowest BCUT2D eigenvalue weighted by atomic mass is 10.2. The molecule has 1 aromatic carbocycles. The molecule has 0 aliphatic heterocycles. The highest BCUT2D eigenvalue weighted by atomic mass is 32.2. The van der Waals surface area contributed by atoms with Gasteiger partial charge in [0.2, 0.25) is 0 Å². The molecule has 0 fully saturated rings. The molecular weight excluding hydrogens is 230 g/mol. The zero-order chi connectivity index (χ0) is 12.2. The standard InChI is InChI=1S/C10H15NO4S/c1-2-8(7-12)11-9-3-5-10(6-4-9)16(13,14)15/h3-6,8,11-12H,2,7H2,1H3,(H,13,14,15). The fourth-order valence-electron chi connectivity index (χ4n) is 1.24. The van der Waals surface area contributed by atoms with E-state index in [0.29, 0.717) is 5.69 Å². The summed E-state index contributed by atoms with van der Waals surface area (Å²) in [4.78, 5) is -0.143. The Labute approximate surface area is 94.9 Å². The number of hydrogen-bond acceptors (Lipinski definition) is 4. The predicted octanol–water partition coefficient (Wildman–Crippen LogP) is 1.12. The molecule has 90 valence electrons. The van der Waals surface area contributed by atoms with E-state index in [1.807, 2.05) is 6.92 Å². The number of hydrogen-bond donors (Lipinski definition) is 3. The maximum atomic E-state index is 10.8. The second-order valence-electron chi connectivity index (χ2n) is 3.43. The number of aliphatic hydroxyl groups excluding tert-OH is 1. The number of anilines is 1. The largest absolute Gasteiger partial charge is 0.394 e. The van der Waals surface area contributed by atoms with Gasteiger partial charge in [0.25, 0.3) is 10.1 Å². The average molecular weight is 245 g/mol. The van der Waals surface area contributed by atoms with Crippen LogP contribution in [0.25, 0.3) is 0 Å². The third-order valence-electron chi connectivity index (χ3n) is 2.24. The molecule has 0 amide bonds. The van der Waals surface area contributed by atoms with Crippen molar-refractivity contribution in [1.82, 2.24) is 0 Å². The van der Waals surface area contributed by atoms with E-state index >= 15 is 0 Å². The Morgan fingerprint density at radius 2 is 1.88 bits per heavy atom. The first-order valence-electron chi connectivity index (χ1n) is 4.92. The molecule has 3 N–H and O–H groups in total. The van der Waals surface area contributed by atoms with Crippen LogP contribution in [0.5, 0.6) is 0 Å². The van der Waals surface area contributed by atoms with Crippen LogP contribution in [0.15, 0.2) is 29.2 Å². The number of aliphatic hydroxyl groups is 1. The van der Waals surface area contributed by atoms with Gasteiger partial charge in [-0.2, -0.15) is 8.42 Å². The summed E-state index contributed by atoms with van der Waals surface area (Å²) < 4.78 is 30.3. The van der Waals surface area contributed by atoms with Gasteiger partial charge in [0.15, 0.2) is 0 Å². The van der Waals surface area contributed by atoms with E-state index in [9.17, 15) is 8.42 Å². The Hall–Kier alpha value is -1.11. The Bertz CT molecular complexity index is 423. The van der Waals surface area contributed by atoms with E-state index in [1.54, 1.807) is 12.1 Å². The van der Waals surface area contributed by atoms with Crippen LogP contribution < -0.4 is 5.32 Å². The molecule has 0 aliphatic rings. The Balaban J connectivity index is 2.80. The van der Waals surface area contributed by atoms with Gasteiger partial charge in [0.05, 0.1) is 11.5 Å². The number of nitrogens with one attached hydrogen (secondary N) is 1. The molecule has 0 radical (unpaired) electrons. The second-order valence-corrected chi connectivity index (χ2v) is 4.85. The lowest BCUT2D eigenvalue weighted by Crippen LogP contribution is -2.22. The molecule has 0 heterocycles. The van der Waals surface area contributed by atoms with Gasteiger partial charge in [0.1, 0.15) is 0 Å². The summed E-state index contributed by atoms with van der Waals surface area (Å²) in [6.07, 6.45) is 0.760. The highest BCUT2D eigenvalue weighted by Crippen LogP contribution is 2.14. The van der Waals surface area contributed by atoms with Crippen LogP contribution in [0.2, 0.25) is 0 Å². The smallest absolute Gasteiger partial charge is 0.294 e. The van der Waals surface area contributed by atoms with E-state index in [2.05, 4.69) is 5.32 Å². The third-order valence-corrected chi connectivity index (χ3v) is 3.10. The molecule has 16 heavy (non-hydrogen) atoms. The van der Waals surface area contributed by atoms with Gasteiger partial charge in [0, 0.05) is 11.7 Å². The minimum Gasteiger partial charge on any atom is -0.394 e. The van der Waals surface area contributed by atoms with Gasteiger partial charge in [-0.3, -0.25) is 4.55 Å². The minimum absolute atomic E-state index is 0.0105. The van der Waals surface area contributed by atoms with Crippen molar-refractivity contribution < 1.29 is 18.1 Å². The van der Waals surface area contributed by atoms with E-state index < -0.39 is 10.1 Å². The Kier molecular flexibility index (Phi) is 4.28.